The summed E-state index contributed by atoms with van der Waals surface area (Å²) in [6, 6.07) is 8.82. The summed E-state index contributed by atoms with van der Waals surface area (Å²) < 4.78 is 18.2. The summed E-state index contributed by atoms with van der Waals surface area (Å²) in [6.07, 6.45) is 0. The summed E-state index contributed by atoms with van der Waals surface area (Å²) in [5.41, 5.74) is 1.77. The van der Waals surface area contributed by atoms with Gasteiger partial charge in [0, 0.05) is 10.6 Å². The highest BCUT2D eigenvalue weighted by Gasteiger charge is 2.18. The molecule has 0 atom stereocenters. The lowest BCUT2D eigenvalue weighted by Crippen LogP contribution is -2.22. The number of carbonyl (C=O) groups is 3. The number of aryl methyl sites for hydroxylation is 1. The van der Waals surface area contributed by atoms with Crippen LogP contribution in [0.1, 0.15) is 15.9 Å². The number of hydrogen-bond acceptors (Lipinski definition) is 5. The molecule has 0 unspecified atom stereocenters. The van der Waals surface area contributed by atoms with Crippen molar-refractivity contribution in [1.82, 2.24) is 0 Å². The minimum Gasteiger partial charge on any atom is -0.452 e. The molecule has 26 heavy (non-hydrogen) atoms. The maximum absolute atomic E-state index is 13.2. The number of esters is 1. The van der Waals surface area contributed by atoms with Crippen LogP contribution in [0.3, 0.4) is 0 Å². The zero-order chi connectivity index (χ0) is 18.7. The monoisotopic (exact) mass is 374 g/mol. The maximum Gasteiger partial charge on any atom is 0.338 e. The van der Waals surface area contributed by atoms with Crippen molar-refractivity contribution in [3.63, 3.8) is 0 Å². The SMILES string of the molecule is Cc1ccc(F)cc1NC(=O)COC(=O)c1ccc2c(c1)NC(=O)CS2. The van der Waals surface area contributed by atoms with Gasteiger partial charge in [0.25, 0.3) is 5.91 Å². The molecule has 0 fully saturated rings. The number of hydrogen-bond donors (Lipinski definition) is 2. The molecule has 2 aromatic carbocycles. The Bertz CT molecular complexity index is 901. The number of carbonyl (C=O) groups excluding carboxylic acids is 3. The molecule has 2 aromatic rings. The molecule has 0 spiro atoms. The average Bonchev–Trinajstić information content (AvgIpc) is 2.62. The van der Waals surface area contributed by atoms with E-state index >= 15 is 0 Å². The molecule has 3 rings (SSSR count). The Hall–Kier alpha value is -2.87. The van der Waals surface area contributed by atoms with Gasteiger partial charge in [0.2, 0.25) is 5.91 Å². The molecule has 1 aliphatic rings. The Morgan fingerprint density at radius 3 is 2.88 bits per heavy atom. The van der Waals surface area contributed by atoms with E-state index in [-0.39, 0.29) is 11.5 Å². The van der Waals surface area contributed by atoms with Crippen molar-refractivity contribution in [2.24, 2.45) is 0 Å². The normalized spacial score (nSPS) is 12.8. The lowest BCUT2D eigenvalue weighted by atomic mass is 10.2. The Balaban J connectivity index is 1.60. The Kier molecular flexibility index (Phi) is 5.22. The molecule has 0 bridgehead atoms. The van der Waals surface area contributed by atoms with Crippen LogP contribution in [0.25, 0.3) is 0 Å². The molecule has 0 saturated carbocycles. The first kappa shape index (κ1) is 17.9. The van der Waals surface area contributed by atoms with Gasteiger partial charge in [-0.05, 0) is 42.8 Å². The van der Waals surface area contributed by atoms with Crippen molar-refractivity contribution in [2.75, 3.05) is 23.0 Å². The van der Waals surface area contributed by atoms with E-state index in [0.717, 1.165) is 4.90 Å². The van der Waals surface area contributed by atoms with E-state index in [1.807, 2.05) is 0 Å². The van der Waals surface area contributed by atoms with Crippen LogP contribution in [0.15, 0.2) is 41.3 Å². The largest absolute Gasteiger partial charge is 0.452 e. The topological polar surface area (TPSA) is 84.5 Å². The predicted octanol–water partition coefficient (Wildman–Crippen LogP) is 2.97. The van der Waals surface area contributed by atoms with Gasteiger partial charge in [-0.25, -0.2) is 9.18 Å². The predicted molar refractivity (Wildman–Crippen MR) is 95.8 cm³/mol. The zero-order valence-corrected chi connectivity index (χ0v) is 14.6. The molecular weight excluding hydrogens is 359 g/mol. The van der Waals surface area contributed by atoms with Crippen molar-refractivity contribution < 1.29 is 23.5 Å². The summed E-state index contributed by atoms with van der Waals surface area (Å²) in [7, 11) is 0. The van der Waals surface area contributed by atoms with Crippen molar-refractivity contribution in [2.45, 2.75) is 11.8 Å². The van der Waals surface area contributed by atoms with Gasteiger partial charge in [-0.2, -0.15) is 0 Å². The van der Waals surface area contributed by atoms with E-state index < -0.39 is 24.3 Å². The van der Waals surface area contributed by atoms with Crippen LogP contribution in [0.5, 0.6) is 0 Å². The quantitative estimate of drug-likeness (QED) is 0.804. The van der Waals surface area contributed by atoms with Gasteiger partial charge in [-0.3, -0.25) is 9.59 Å². The molecule has 0 aliphatic carbocycles. The van der Waals surface area contributed by atoms with E-state index in [1.165, 1.54) is 36.0 Å². The third kappa shape index (κ3) is 4.20. The molecular formula is C18H15FN2O4S. The summed E-state index contributed by atoms with van der Waals surface area (Å²) >= 11 is 1.38. The molecule has 134 valence electrons. The summed E-state index contributed by atoms with van der Waals surface area (Å²) in [4.78, 5) is 36.3. The zero-order valence-electron chi connectivity index (χ0n) is 13.8. The standard InChI is InChI=1S/C18H15FN2O4S/c1-10-2-4-12(19)7-13(10)20-16(22)8-25-18(24)11-3-5-15-14(6-11)21-17(23)9-26-15/h2-7H,8-9H2,1H3,(H,20,22)(H,21,23). The number of thioether (sulfide) groups is 1. The van der Waals surface area contributed by atoms with Gasteiger partial charge in [0.15, 0.2) is 6.61 Å². The number of halogens is 1. The fourth-order valence-corrected chi connectivity index (χ4v) is 3.13. The molecule has 2 N–H and O–H groups in total. The van der Waals surface area contributed by atoms with Crippen LogP contribution in [0.2, 0.25) is 0 Å². The molecule has 0 radical (unpaired) electrons. The lowest BCUT2D eigenvalue weighted by Gasteiger charge is -2.16. The molecule has 1 heterocycles. The summed E-state index contributed by atoms with van der Waals surface area (Å²) in [5.74, 6) is -1.55. The minimum absolute atomic E-state index is 0.141. The van der Waals surface area contributed by atoms with E-state index in [1.54, 1.807) is 19.1 Å². The summed E-state index contributed by atoms with van der Waals surface area (Å²) in [5, 5.41) is 5.18. The van der Waals surface area contributed by atoms with Crippen molar-refractivity contribution >= 4 is 40.9 Å². The second kappa shape index (κ2) is 7.57. The highest BCUT2D eigenvalue weighted by Crippen LogP contribution is 2.32. The Morgan fingerprint density at radius 1 is 1.27 bits per heavy atom. The summed E-state index contributed by atoms with van der Waals surface area (Å²) in [6.45, 7) is 1.22. The maximum atomic E-state index is 13.2. The Morgan fingerprint density at radius 2 is 2.08 bits per heavy atom. The van der Waals surface area contributed by atoms with Crippen molar-refractivity contribution in [3.8, 4) is 0 Å². The first-order valence-electron chi connectivity index (χ1n) is 7.72. The van der Waals surface area contributed by atoms with Gasteiger partial charge in [0.05, 0.1) is 17.0 Å². The van der Waals surface area contributed by atoms with Crippen LogP contribution in [-0.4, -0.2) is 30.1 Å². The molecule has 6 nitrogen and oxygen atoms in total. The van der Waals surface area contributed by atoms with Gasteiger partial charge >= 0.3 is 5.97 Å². The third-order valence-corrected chi connectivity index (χ3v) is 4.73. The van der Waals surface area contributed by atoms with Gasteiger partial charge in [-0.1, -0.05) is 6.07 Å². The second-order valence-corrected chi connectivity index (χ2v) is 6.65. The second-order valence-electron chi connectivity index (χ2n) is 5.63. The first-order chi connectivity index (χ1) is 12.4. The van der Waals surface area contributed by atoms with Gasteiger partial charge < -0.3 is 15.4 Å². The fraction of sp³-hybridized carbons (Fsp3) is 0.167. The van der Waals surface area contributed by atoms with Crippen molar-refractivity contribution in [3.05, 3.63) is 53.3 Å². The number of benzene rings is 2. The number of rotatable bonds is 4. The van der Waals surface area contributed by atoms with Crippen LogP contribution >= 0.6 is 11.8 Å². The number of amides is 2. The highest BCUT2D eigenvalue weighted by atomic mass is 32.2. The molecule has 2 amide bonds. The van der Waals surface area contributed by atoms with Crippen LogP contribution in [0.4, 0.5) is 15.8 Å². The van der Waals surface area contributed by atoms with Gasteiger partial charge in [0.1, 0.15) is 5.82 Å². The molecule has 0 aromatic heterocycles. The van der Waals surface area contributed by atoms with Crippen LogP contribution < -0.4 is 10.6 Å². The average molecular weight is 374 g/mol. The number of fused-ring (bicyclic) bond motifs is 1. The van der Waals surface area contributed by atoms with E-state index in [2.05, 4.69) is 10.6 Å². The number of ether oxygens (including phenoxy) is 1. The van der Waals surface area contributed by atoms with Crippen LogP contribution in [-0.2, 0) is 14.3 Å². The smallest absolute Gasteiger partial charge is 0.338 e. The lowest BCUT2D eigenvalue weighted by molar-refractivity contribution is -0.119. The van der Waals surface area contributed by atoms with E-state index in [0.29, 0.717) is 22.7 Å². The minimum atomic E-state index is -0.691. The van der Waals surface area contributed by atoms with Crippen LogP contribution in [0, 0.1) is 12.7 Å². The number of anilines is 2. The van der Waals surface area contributed by atoms with Crippen molar-refractivity contribution in [1.29, 1.82) is 0 Å². The third-order valence-electron chi connectivity index (χ3n) is 3.66. The highest BCUT2D eigenvalue weighted by molar-refractivity contribution is 8.00. The Labute approximate surface area is 153 Å². The van der Waals surface area contributed by atoms with E-state index in [9.17, 15) is 18.8 Å². The van der Waals surface area contributed by atoms with Gasteiger partial charge in [-0.15, -0.1) is 11.8 Å². The molecule has 0 saturated heterocycles. The molecule has 8 heteroatoms. The fourth-order valence-electron chi connectivity index (χ4n) is 2.34. The molecule has 1 aliphatic heterocycles. The first-order valence-corrected chi connectivity index (χ1v) is 8.71. The number of nitrogens with one attached hydrogen (secondary N) is 2. The van der Waals surface area contributed by atoms with E-state index in [4.69, 9.17) is 4.74 Å².